The third-order valence-corrected chi connectivity index (χ3v) is 6.00. The molecule has 8 heteroatoms. The molecule has 1 unspecified atom stereocenters. The summed E-state index contributed by atoms with van der Waals surface area (Å²) >= 11 is 0. The van der Waals surface area contributed by atoms with E-state index >= 15 is 0 Å². The number of rotatable bonds is 5. The molecule has 1 aliphatic heterocycles. The number of aryl methyl sites for hydroxylation is 1. The third kappa shape index (κ3) is 4.68. The molecule has 0 amide bonds. The zero-order chi connectivity index (χ0) is 18.7. The maximum atomic E-state index is 12.8. The number of benzene rings is 2. The number of hydrogen-bond acceptors (Lipinski definition) is 5. The van der Waals surface area contributed by atoms with E-state index in [2.05, 4.69) is 16.1 Å². The van der Waals surface area contributed by atoms with Crippen LogP contribution in [0.5, 0.6) is 0 Å². The van der Waals surface area contributed by atoms with Crippen molar-refractivity contribution in [1.82, 2.24) is 10.0 Å². The SMILES string of the molecule is COC(=O)c1cc(C)ccc1S(=O)(=O)NCC1NCCc2ccccc21.Cl. The van der Waals surface area contributed by atoms with E-state index in [0.717, 1.165) is 24.1 Å². The molecule has 2 aromatic carbocycles. The van der Waals surface area contributed by atoms with Crippen molar-refractivity contribution in [2.45, 2.75) is 24.3 Å². The van der Waals surface area contributed by atoms with Crippen molar-refractivity contribution in [3.05, 3.63) is 64.7 Å². The van der Waals surface area contributed by atoms with Crippen LogP contribution < -0.4 is 10.0 Å². The number of hydrogen-bond donors (Lipinski definition) is 2. The van der Waals surface area contributed by atoms with Crippen LogP contribution >= 0.6 is 12.4 Å². The van der Waals surface area contributed by atoms with Crippen LogP contribution in [0.15, 0.2) is 47.4 Å². The molecule has 6 nitrogen and oxygen atoms in total. The van der Waals surface area contributed by atoms with Gasteiger partial charge in [-0.05, 0) is 43.1 Å². The molecule has 27 heavy (non-hydrogen) atoms. The van der Waals surface area contributed by atoms with Gasteiger partial charge in [-0.1, -0.05) is 35.9 Å². The van der Waals surface area contributed by atoms with E-state index < -0.39 is 16.0 Å². The maximum absolute atomic E-state index is 12.8. The van der Waals surface area contributed by atoms with Gasteiger partial charge in [-0.25, -0.2) is 17.9 Å². The summed E-state index contributed by atoms with van der Waals surface area (Å²) in [5.74, 6) is -0.671. The van der Waals surface area contributed by atoms with Gasteiger partial charge < -0.3 is 10.1 Å². The smallest absolute Gasteiger partial charge is 0.339 e. The van der Waals surface area contributed by atoms with Crippen molar-refractivity contribution in [3.63, 3.8) is 0 Å². The molecule has 0 spiro atoms. The summed E-state index contributed by atoms with van der Waals surface area (Å²) in [4.78, 5) is 11.9. The van der Waals surface area contributed by atoms with E-state index in [0.29, 0.717) is 0 Å². The predicted molar refractivity (Wildman–Crippen MR) is 106 cm³/mol. The summed E-state index contributed by atoms with van der Waals surface area (Å²) in [6.07, 6.45) is 0.921. The van der Waals surface area contributed by atoms with Crippen molar-refractivity contribution < 1.29 is 17.9 Å². The molecular formula is C19H23ClN2O4S. The van der Waals surface area contributed by atoms with Gasteiger partial charge in [-0.15, -0.1) is 12.4 Å². The number of halogens is 1. The number of methoxy groups -OCH3 is 1. The topological polar surface area (TPSA) is 84.5 Å². The molecule has 146 valence electrons. The van der Waals surface area contributed by atoms with Crippen LogP contribution in [0.1, 0.15) is 33.1 Å². The van der Waals surface area contributed by atoms with Crippen LogP contribution in [0.2, 0.25) is 0 Å². The second kappa shape index (κ2) is 8.84. The van der Waals surface area contributed by atoms with E-state index in [1.54, 1.807) is 13.0 Å². The zero-order valence-corrected chi connectivity index (χ0v) is 16.8. The molecule has 1 heterocycles. The fourth-order valence-electron chi connectivity index (χ4n) is 3.19. The van der Waals surface area contributed by atoms with Gasteiger partial charge in [0.25, 0.3) is 0 Å². The van der Waals surface area contributed by atoms with E-state index in [1.165, 1.54) is 24.8 Å². The Morgan fingerprint density at radius 2 is 2.00 bits per heavy atom. The zero-order valence-electron chi connectivity index (χ0n) is 15.2. The first-order valence-electron chi connectivity index (χ1n) is 8.42. The summed E-state index contributed by atoms with van der Waals surface area (Å²) in [6, 6.07) is 12.5. The molecule has 0 aliphatic carbocycles. The quantitative estimate of drug-likeness (QED) is 0.739. The van der Waals surface area contributed by atoms with Crippen LogP contribution in [0, 0.1) is 6.92 Å². The Bertz CT molecular complexity index is 931. The number of esters is 1. The number of nitrogens with one attached hydrogen (secondary N) is 2. The minimum Gasteiger partial charge on any atom is -0.465 e. The number of fused-ring (bicyclic) bond motifs is 1. The Hall–Kier alpha value is -1.93. The van der Waals surface area contributed by atoms with Crippen molar-refractivity contribution in [1.29, 1.82) is 0 Å². The third-order valence-electron chi connectivity index (χ3n) is 4.52. The normalized spacial score (nSPS) is 16.1. The first-order valence-corrected chi connectivity index (χ1v) is 9.90. The van der Waals surface area contributed by atoms with Gasteiger partial charge in [0.15, 0.2) is 0 Å². The fraction of sp³-hybridized carbons (Fsp3) is 0.316. The summed E-state index contributed by atoms with van der Waals surface area (Å²) in [7, 11) is -2.62. The van der Waals surface area contributed by atoms with Crippen molar-refractivity contribution in [2.75, 3.05) is 20.2 Å². The van der Waals surface area contributed by atoms with Crippen molar-refractivity contribution >= 4 is 28.4 Å². The Labute approximate surface area is 165 Å². The summed E-state index contributed by atoms with van der Waals surface area (Å²) in [5, 5.41) is 3.34. The van der Waals surface area contributed by atoms with Crippen LogP contribution in [0.25, 0.3) is 0 Å². The van der Waals surface area contributed by atoms with Crippen LogP contribution in [-0.4, -0.2) is 34.6 Å². The Morgan fingerprint density at radius 1 is 1.26 bits per heavy atom. The number of carbonyl (C=O) groups is 1. The lowest BCUT2D eigenvalue weighted by Gasteiger charge is -2.27. The van der Waals surface area contributed by atoms with Crippen molar-refractivity contribution in [3.8, 4) is 0 Å². The van der Waals surface area contributed by atoms with Crippen LogP contribution in [0.4, 0.5) is 0 Å². The van der Waals surface area contributed by atoms with Gasteiger partial charge in [-0.3, -0.25) is 0 Å². The molecule has 2 N–H and O–H groups in total. The van der Waals surface area contributed by atoms with Gasteiger partial charge >= 0.3 is 5.97 Å². The Kier molecular flexibility index (Phi) is 7.00. The van der Waals surface area contributed by atoms with Crippen LogP contribution in [0.3, 0.4) is 0 Å². The van der Waals surface area contributed by atoms with Gasteiger partial charge in [0.2, 0.25) is 10.0 Å². The average Bonchev–Trinajstić information content (AvgIpc) is 2.65. The van der Waals surface area contributed by atoms with E-state index in [4.69, 9.17) is 4.74 Å². The highest BCUT2D eigenvalue weighted by atomic mass is 35.5. The van der Waals surface area contributed by atoms with Crippen LogP contribution in [-0.2, 0) is 21.2 Å². The van der Waals surface area contributed by atoms with Gasteiger partial charge in [-0.2, -0.15) is 0 Å². The molecular weight excluding hydrogens is 388 g/mol. The standard InChI is InChI=1S/C19H22N2O4S.ClH/c1-13-7-8-18(16(11-13)19(22)25-2)26(23,24)21-12-17-15-6-4-3-5-14(15)9-10-20-17;/h3-8,11,17,20-21H,9-10,12H2,1-2H3;1H. The molecule has 3 rings (SSSR count). The average molecular weight is 411 g/mol. The molecule has 2 aromatic rings. The number of sulfonamides is 1. The summed E-state index contributed by atoms with van der Waals surface area (Å²) in [5.41, 5.74) is 3.14. The van der Waals surface area contributed by atoms with Gasteiger partial charge in [0.05, 0.1) is 17.6 Å². The lowest BCUT2D eigenvalue weighted by atomic mass is 9.95. The molecule has 0 saturated heterocycles. The highest BCUT2D eigenvalue weighted by Crippen LogP contribution is 2.23. The van der Waals surface area contributed by atoms with Crippen molar-refractivity contribution in [2.24, 2.45) is 0 Å². The molecule has 0 bridgehead atoms. The predicted octanol–water partition coefficient (Wildman–Crippen LogP) is 2.37. The minimum absolute atomic E-state index is 0. The highest BCUT2D eigenvalue weighted by molar-refractivity contribution is 7.89. The Balaban J connectivity index is 0.00000261. The van der Waals surface area contributed by atoms with E-state index in [1.807, 2.05) is 18.2 Å². The molecule has 0 radical (unpaired) electrons. The lowest BCUT2D eigenvalue weighted by molar-refractivity contribution is 0.0596. The van der Waals surface area contributed by atoms with Gasteiger partial charge in [0, 0.05) is 12.6 Å². The second-order valence-corrected chi connectivity index (χ2v) is 8.03. The molecule has 1 atom stereocenters. The molecule has 0 saturated carbocycles. The first-order chi connectivity index (χ1) is 12.4. The molecule has 0 fully saturated rings. The lowest BCUT2D eigenvalue weighted by Crippen LogP contribution is -2.39. The Morgan fingerprint density at radius 3 is 2.74 bits per heavy atom. The maximum Gasteiger partial charge on any atom is 0.339 e. The molecule has 1 aliphatic rings. The van der Waals surface area contributed by atoms with E-state index in [-0.39, 0.29) is 35.5 Å². The van der Waals surface area contributed by atoms with Gasteiger partial charge in [0.1, 0.15) is 0 Å². The summed E-state index contributed by atoms with van der Waals surface area (Å²) < 4.78 is 32.9. The largest absolute Gasteiger partial charge is 0.465 e. The molecule has 0 aromatic heterocycles. The monoisotopic (exact) mass is 410 g/mol. The minimum atomic E-state index is -3.86. The number of ether oxygens (including phenoxy) is 1. The fourth-order valence-corrected chi connectivity index (χ4v) is 4.41. The number of carbonyl (C=O) groups excluding carboxylic acids is 1. The summed E-state index contributed by atoms with van der Waals surface area (Å²) in [6.45, 7) is 2.79. The second-order valence-electron chi connectivity index (χ2n) is 6.30. The highest BCUT2D eigenvalue weighted by Gasteiger charge is 2.26. The van der Waals surface area contributed by atoms with E-state index in [9.17, 15) is 13.2 Å². The first kappa shape index (κ1) is 21.4.